The normalized spacial score (nSPS) is 11.2. The van der Waals surface area contributed by atoms with E-state index in [1.165, 1.54) is 14.2 Å². The predicted octanol–water partition coefficient (Wildman–Crippen LogP) is 1.19. The third-order valence-corrected chi connectivity index (χ3v) is 5.65. The number of hydrogen-bond donors (Lipinski definition) is 4. The van der Waals surface area contributed by atoms with Gasteiger partial charge < -0.3 is 30.2 Å². The number of rotatable bonds is 16. The molecule has 2 rings (SSSR count). The molecule has 12 nitrogen and oxygen atoms in total. The van der Waals surface area contributed by atoms with Gasteiger partial charge in [0, 0.05) is 13.6 Å². The van der Waals surface area contributed by atoms with Crippen LogP contribution in [0.5, 0.6) is 0 Å². The number of esters is 3. The summed E-state index contributed by atoms with van der Waals surface area (Å²) >= 11 is 0. The van der Waals surface area contributed by atoms with Gasteiger partial charge in [-0.3, -0.25) is 14.9 Å². The Morgan fingerprint density at radius 1 is 0.750 bits per heavy atom. The lowest BCUT2D eigenvalue weighted by Gasteiger charge is -2.22. The molecule has 1 unspecified atom stereocenters. The number of carbonyl (C=O) groups is 5. The molecule has 1 atom stereocenters. The third-order valence-electron chi connectivity index (χ3n) is 5.65. The second kappa shape index (κ2) is 17.9. The molecule has 216 valence electrons. The van der Waals surface area contributed by atoms with Crippen molar-refractivity contribution in [3.05, 3.63) is 71.8 Å². The Labute approximate surface area is 233 Å². The first-order valence-electron chi connectivity index (χ1n) is 12.8. The first kappa shape index (κ1) is 31.8. The van der Waals surface area contributed by atoms with Crippen molar-refractivity contribution in [3.8, 4) is 0 Å². The minimum absolute atomic E-state index is 0.0683. The molecule has 0 saturated heterocycles. The van der Waals surface area contributed by atoms with Gasteiger partial charge in [0.15, 0.2) is 0 Å². The molecule has 0 radical (unpaired) electrons. The molecule has 4 N–H and O–H groups in total. The Morgan fingerprint density at radius 3 is 1.80 bits per heavy atom. The maximum atomic E-state index is 13.0. The number of carbonyl (C=O) groups excluding carboxylic acids is 5. The molecule has 0 aliphatic carbocycles. The molecule has 0 aliphatic rings. The third kappa shape index (κ3) is 11.9. The van der Waals surface area contributed by atoms with Crippen LogP contribution in [-0.4, -0.2) is 69.2 Å². The van der Waals surface area contributed by atoms with Crippen molar-refractivity contribution in [1.82, 2.24) is 21.3 Å². The highest BCUT2D eigenvalue weighted by molar-refractivity contribution is 5.99. The van der Waals surface area contributed by atoms with Crippen molar-refractivity contribution in [2.24, 2.45) is 0 Å². The number of methoxy groups -OCH3 is 1. The monoisotopic (exact) mass is 556 g/mol. The van der Waals surface area contributed by atoms with E-state index in [1.54, 1.807) is 48.5 Å². The molecule has 3 amide bonds. The lowest BCUT2D eigenvalue weighted by atomic mass is 10.1. The van der Waals surface area contributed by atoms with E-state index in [-0.39, 0.29) is 32.1 Å². The topological polar surface area (TPSA) is 161 Å². The SMILES string of the molecule is CNC(=O)NCC(=O)NCCCCC(NC(C(=O)OCc1ccccc1)C(=O)OCc1ccccc1)C(=O)OC. The van der Waals surface area contributed by atoms with E-state index in [0.29, 0.717) is 19.4 Å². The van der Waals surface area contributed by atoms with Gasteiger partial charge in [-0.15, -0.1) is 0 Å². The highest BCUT2D eigenvalue weighted by Gasteiger charge is 2.34. The average molecular weight is 557 g/mol. The van der Waals surface area contributed by atoms with Crippen LogP contribution in [0.4, 0.5) is 4.79 Å². The maximum absolute atomic E-state index is 13.0. The van der Waals surface area contributed by atoms with Gasteiger partial charge in [0.2, 0.25) is 11.9 Å². The molecule has 0 aliphatic heterocycles. The first-order chi connectivity index (χ1) is 19.3. The fourth-order valence-corrected chi connectivity index (χ4v) is 3.48. The summed E-state index contributed by atoms with van der Waals surface area (Å²) in [6.45, 7) is -0.0178. The number of amides is 3. The highest BCUT2D eigenvalue weighted by Crippen LogP contribution is 2.09. The van der Waals surface area contributed by atoms with Gasteiger partial charge >= 0.3 is 23.9 Å². The van der Waals surface area contributed by atoms with Crippen molar-refractivity contribution in [2.75, 3.05) is 27.2 Å². The molecule has 0 aromatic heterocycles. The van der Waals surface area contributed by atoms with Gasteiger partial charge in [0.25, 0.3) is 0 Å². The van der Waals surface area contributed by atoms with Crippen LogP contribution in [-0.2, 0) is 46.6 Å². The van der Waals surface area contributed by atoms with Crippen LogP contribution in [0, 0.1) is 0 Å². The zero-order chi connectivity index (χ0) is 29.2. The number of urea groups is 1. The summed E-state index contributed by atoms with van der Waals surface area (Å²) in [6.07, 6.45) is 1.14. The van der Waals surface area contributed by atoms with E-state index in [9.17, 15) is 24.0 Å². The molecule has 0 heterocycles. The quantitative estimate of drug-likeness (QED) is 0.103. The smallest absolute Gasteiger partial charge is 0.335 e. The molecule has 2 aromatic rings. The molecule has 0 saturated carbocycles. The van der Waals surface area contributed by atoms with E-state index in [2.05, 4.69) is 21.3 Å². The largest absolute Gasteiger partial charge is 0.468 e. The van der Waals surface area contributed by atoms with Gasteiger partial charge in [0.05, 0.1) is 13.7 Å². The summed E-state index contributed by atoms with van der Waals surface area (Å²) in [6, 6.07) is 14.8. The lowest BCUT2D eigenvalue weighted by molar-refractivity contribution is -0.161. The van der Waals surface area contributed by atoms with Crippen LogP contribution in [0.25, 0.3) is 0 Å². The molecule has 2 aromatic carbocycles. The Kier molecular flexibility index (Phi) is 14.3. The fourth-order valence-electron chi connectivity index (χ4n) is 3.48. The van der Waals surface area contributed by atoms with Crippen molar-refractivity contribution in [1.29, 1.82) is 0 Å². The van der Waals surface area contributed by atoms with E-state index < -0.39 is 36.0 Å². The van der Waals surface area contributed by atoms with Crippen molar-refractivity contribution >= 4 is 29.8 Å². The fraction of sp³-hybridized carbons (Fsp3) is 0.393. The number of nitrogens with one attached hydrogen (secondary N) is 4. The Bertz CT molecular complexity index is 1040. The number of unbranched alkanes of at least 4 members (excludes halogenated alkanes) is 1. The lowest BCUT2D eigenvalue weighted by Crippen LogP contribution is -2.52. The van der Waals surface area contributed by atoms with E-state index in [4.69, 9.17) is 14.2 Å². The van der Waals surface area contributed by atoms with Crippen molar-refractivity contribution < 1.29 is 38.2 Å². The predicted molar refractivity (Wildman–Crippen MR) is 145 cm³/mol. The van der Waals surface area contributed by atoms with Crippen LogP contribution in [0.1, 0.15) is 30.4 Å². The van der Waals surface area contributed by atoms with Gasteiger partial charge in [-0.1, -0.05) is 60.7 Å². The molecule has 0 bridgehead atoms. The van der Waals surface area contributed by atoms with Crippen LogP contribution in [0.3, 0.4) is 0 Å². The number of ether oxygens (including phenoxy) is 3. The molecular formula is C28H36N4O8. The number of benzene rings is 2. The van der Waals surface area contributed by atoms with E-state index in [0.717, 1.165) is 11.1 Å². The van der Waals surface area contributed by atoms with Gasteiger partial charge in [-0.2, -0.15) is 0 Å². The van der Waals surface area contributed by atoms with E-state index >= 15 is 0 Å². The zero-order valence-electron chi connectivity index (χ0n) is 22.6. The van der Waals surface area contributed by atoms with Gasteiger partial charge in [-0.25, -0.2) is 14.4 Å². The standard InChI is InChI=1S/C28H36N4O8/c1-29-28(37)31-17-23(33)30-16-10-9-15-22(25(34)38-2)32-24(26(35)39-18-20-11-5-3-6-12-20)27(36)40-19-21-13-7-4-8-14-21/h3-8,11-14,22,24,32H,9-10,15-19H2,1-2H3,(H,30,33)(H2,29,31,37). The summed E-state index contributed by atoms with van der Waals surface area (Å²) in [5.41, 5.74) is 1.45. The first-order valence-corrected chi connectivity index (χ1v) is 12.8. The summed E-state index contributed by atoms with van der Waals surface area (Å²) in [7, 11) is 2.64. The van der Waals surface area contributed by atoms with Crippen molar-refractivity contribution in [3.63, 3.8) is 0 Å². The second-order valence-electron chi connectivity index (χ2n) is 8.64. The molecule has 12 heteroatoms. The van der Waals surface area contributed by atoms with E-state index in [1.807, 2.05) is 12.1 Å². The number of hydrogen-bond acceptors (Lipinski definition) is 9. The Hall–Kier alpha value is -4.45. The minimum atomic E-state index is -1.58. The van der Waals surface area contributed by atoms with Crippen LogP contribution < -0.4 is 21.3 Å². The van der Waals surface area contributed by atoms with Gasteiger partial charge in [0.1, 0.15) is 19.3 Å². The minimum Gasteiger partial charge on any atom is -0.468 e. The molecule has 0 fully saturated rings. The van der Waals surface area contributed by atoms with Crippen molar-refractivity contribution in [2.45, 2.75) is 44.6 Å². The highest BCUT2D eigenvalue weighted by atomic mass is 16.6. The van der Waals surface area contributed by atoms with Gasteiger partial charge in [-0.05, 0) is 30.4 Å². The van der Waals surface area contributed by atoms with Crippen LogP contribution in [0.2, 0.25) is 0 Å². The van der Waals surface area contributed by atoms with Crippen LogP contribution >= 0.6 is 0 Å². The summed E-state index contributed by atoms with van der Waals surface area (Å²) in [4.78, 5) is 61.4. The zero-order valence-corrected chi connectivity index (χ0v) is 22.6. The maximum Gasteiger partial charge on any atom is 0.335 e. The Balaban J connectivity index is 1.98. The second-order valence-corrected chi connectivity index (χ2v) is 8.64. The summed E-state index contributed by atoms with van der Waals surface area (Å²) in [5, 5.41) is 10.1. The molecule has 0 spiro atoms. The molecular weight excluding hydrogens is 520 g/mol. The van der Waals surface area contributed by atoms with Crippen LogP contribution in [0.15, 0.2) is 60.7 Å². The summed E-state index contributed by atoms with van der Waals surface area (Å²) in [5.74, 6) is -2.83. The summed E-state index contributed by atoms with van der Waals surface area (Å²) < 4.78 is 15.6. The molecule has 40 heavy (non-hydrogen) atoms. The Morgan fingerprint density at radius 2 is 1.30 bits per heavy atom. The average Bonchev–Trinajstić information content (AvgIpc) is 2.99.